The van der Waals surface area contributed by atoms with E-state index in [9.17, 15) is 19.2 Å². The van der Waals surface area contributed by atoms with Gasteiger partial charge in [0.25, 0.3) is 11.8 Å². The molecule has 1 fully saturated rings. The Morgan fingerprint density at radius 2 is 1.74 bits per heavy atom. The lowest BCUT2D eigenvalue weighted by atomic mass is 9.92. The molecule has 1 aromatic carbocycles. The Labute approximate surface area is 158 Å². The first-order chi connectivity index (χ1) is 13.0. The maximum absolute atomic E-state index is 12.8. The van der Waals surface area contributed by atoms with Crippen molar-refractivity contribution in [3.8, 4) is 0 Å². The number of nitrogens with zero attached hydrogens (tertiary/aromatic N) is 1. The molecule has 1 aromatic rings. The number of ketones is 2. The fourth-order valence-electron chi connectivity index (χ4n) is 3.64. The number of benzene rings is 1. The number of hydrogen-bond donors (Lipinski definition) is 2. The quantitative estimate of drug-likeness (QED) is 0.410. The lowest BCUT2D eigenvalue weighted by molar-refractivity contribution is -0.132. The molecular formula is C20H25N3O4. The summed E-state index contributed by atoms with van der Waals surface area (Å²) in [5.74, 6) is -1.38. The minimum atomic E-state index is -0.825. The number of rotatable bonds is 8. The van der Waals surface area contributed by atoms with E-state index < -0.39 is 17.9 Å². The molecule has 2 amide bonds. The number of anilines is 1. The van der Waals surface area contributed by atoms with Gasteiger partial charge in [0.15, 0.2) is 5.78 Å². The van der Waals surface area contributed by atoms with Gasteiger partial charge in [-0.05, 0) is 44.0 Å². The minimum absolute atomic E-state index is 0.134. The average molecular weight is 371 g/mol. The molecule has 7 heteroatoms. The molecule has 0 saturated heterocycles. The number of unbranched alkanes of at least 4 members (excludes halogenated alkanes) is 3. The molecule has 0 aromatic heterocycles. The van der Waals surface area contributed by atoms with Crippen LogP contribution in [0.3, 0.4) is 0 Å². The summed E-state index contributed by atoms with van der Waals surface area (Å²) in [6.07, 6.45) is 4.45. The Hall–Kier alpha value is -2.54. The molecule has 0 spiro atoms. The third-order valence-electron chi connectivity index (χ3n) is 5.13. The molecule has 1 aliphatic heterocycles. The van der Waals surface area contributed by atoms with Crippen molar-refractivity contribution in [2.75, 3.05) is 18.4 Å². The first kappa shape index (κ1) is 19.2. The van der Waals surface area contributed by atoms with E-state index in [1.54, 1.807) is 18.2 Å². The molecule has 1 unspecified atom stereocenters. The van der Waals surface area contributed by atoms with Crippen molar-refractivity contribution >= 4 is 29.1 Å². The second-order valence-electron chi connectivity index (χ2n) is 7.11. The van der Waals surface area contributed by atoms with Crippen molar-refractivity contribution < 1.29 is 19.2 Å². The van der Waals surface area contributed by atoms with Gasteiger partial charge in [-0.1, -0.05) is 12.8 Å². The average Bonchev–Trinajstić information content (AvgIpc) is 2.89. The highest BCUT2D eigenvalue weighted by Crippen LogP contribution is 2.30. The number of nitrogens with one attached hydrogen (secondary N) is 1. The van der Waals surface area contributed by atoms with Gasteiger partial charge in [0.05, 0.1) is 23.6 Å². The predicted molar refractivity (Wildman–Crippen MR) is 101 cm³/mol. The monoisotopic (exact) mass is 371 g/mol. The third-order valence-corrected chi connectivity index (χ3v) is 5.13. The Balaban J connectivity index is 1.66. The van der Waals surface area contributed by atoms with Gasteiger partial charge in [-0.2, -0.15) is 0 Å². The zero-order chi connectivity index (χ0) is 19.4. The molecule has 3 rings (SSSR count). The minimum Gasteiger partial charge on any atom is -0.385 e. The van der Waals surface area contributed by atoms with Crippen LogP contribution in [0, 0.1) is 0 Å². The van der Waals surface area contributed by atoms with Crippen molar-refractivity contribution in [3.63, 3.8) is 0 Å². The lowest BCUT2D eigenvalue weighted by Crippen LogP contribution is -2.47. The predicted octanol–water partition coefficient (Wildman–Crippen LogP) is 1.90. The summed E-state index contributed by atoms with van der Waals surface area (Å²) in [5.41, 5.74) is 6.89. The molecule has 27 heavy (non-hydrogen) atoms. The van der Waals surface area contributed by atoms with Crippen molar-refractivity contribution in [1.82, 2.24) is 4.90 Å². The molecule has 1 saturated carbocycles. The van der Waals surface area contributed by atoms with Gasteiger partial charge in [0.2, 0.25) is 0 Å². The van der Waals surface area contributed by atoms with Crippen molar-refractivity contribution in [2.24, 2.45) is 5.73 Å². The summed E-state index contributed by atoms with van der Waals surface area (Å²) in [6.45, 7) is 1.49. The molecule has 144 valence electrons. The SMILES string of the molecule is NCCCCCCNc1ccc2c(c1)C(=O)N(C1CCC(=O)CC1=O)C2=O. The Morgan fingerprint density at radius 1 is 1.00 bits per heavy atom. The van der Waals surface area contributed by atoms with Gasteiger partial charge in [-0.15, -0.1) is 0 Å². The molecule has 1 atom stereocenters. The van der Waals surface area contributed by atoms with Gasteiger partial charge < -0.3 is 11.1 Å². The van der Waals surface area contributed by atoms with Crippen LogP contribution in [0.2, 0.25) is 0 Å². The zero-order valence-electron chi connectivity index (χ0n) is 15.3. The fourth-order valence-corrected chi connectivity index (χ4v) is 3.64. The maximum Gasteiger partial charge on any atom is 0.262 e. The Morgan fingerprint density at radius 3 is 2.48 bits per heavy atom. The van der Waals surface area contributed by atoms with Crippen molar-refractivity contribution in [2.45, 2.75) is 51.0 Å². The summed E-state index contributed by atoms with van der Waals surface area (Å²) < 4.78 is 0. The first-order valence-corrected chi connectivity index (χ1v) is 9.53. The van der Waals surface area contributed by atoms with Crippen LogP contribution in [0.5, 0.6) is 0 Å². The van der Waals surface area contributed by atoms with Gasteiger partial charge in [-0.3, -0.25) is 24.1 Å². The highest BCUT2D eigenvalue weighted by Gasteiger charge is 2.44. The Bertz CT molecular complexity index is 774. The van der Waals surface area contributed by atoms with Crippen LogP contribution in [0.1, 0.15) is 65.7 Å². The van der Waals surface area contributed by atoms with Crippen LogP contribution in [-0.2, 0) is 9.59 Å². The number of carbonyl (C=O) groups excluding carboxylic acids is 4. The number of carbonyl (C=O) groups is 4. The van der Waals surface area contributed by atoms with Gasteiger partial charge in [0.1, 0.15) is 5.78 Å². The normalized spacial score (nSPS) is 19.6. The summed E-state index contributed by atoms with van der Waals surface area (Å²) >= 11 is 0. The van der Waals surface area contributed by atoms with E-state index >= 15 is 0 Å². The number of Topliss-reactive ketones (excluding diaryl/α,β-unsaturated/α-hetero) is 2. The van der Waals surface area contributed by atoms with Crippen molar-refractivity contribution in [3.05, 3.63) is 29.3 Å². The maximum atomic E-state index is 12.8. The second-order valence-corrected chi connectivity index (χ2v) is 7.11. The highest BCUT2D eigenvalue weighted by molar-refractivity contribution is 6.24. The fraction of sp³-hybridized carbons (Fsp3) is 0.500. The number of amides is 2. The molecule has 0 bridgehead atoms. The molecule has 3 N–H and O–H groups in total. The molecule has 7 nitrogen and oxygen atoms in total. The largest absolute Gasteiger partial charge is 0.385 e. The smallest absolute Gasteiger partial charge is 0.262 e. The molecule has 1 heterocycles. The van der Waals surface area contributed by atoms with Crippen LogP contribution in [-0.4, -0.2) is 47.4 Å². The van der Waals surface area contributed by atoms with Crippen LogP contribution >= 0.6 is 0 Å². The highest BCUT2D eigenvalue weighted by atomic mass is 16.2. The van der Waals surface area contributed by atoms with Crippen LogP contribution in [0.4, 0.5) is 5.69 Å². The van der Waals surface area contributed by atoms with Gasteiger partial charge in [-0.25, -0.2) is 0 Å². The van der Waals surface area contributed by atoms with E-state index in [2.05, 4.69) is 5.32 Å². The second kappa shape index (κ2) is 8.43. The summed E-state index contributed by atoms with van der Waals surface area (Å²) in [7, 11) is 0. The van der Waals surface area contributed by atoms with E-state index in [4.69, 9.17) is 5.73 Å². The number of hydrogen-bond acceptors (Lipinski definition) is 6. The lowest BCUT2D eigenvalue weighted by Gasteiger charge is -2.27. The van der Waals surface area contributed by atoms with Crippen molar-refractivity contribution in [1.29, 1.82) is 0 Å². The molecule has 0 radical (unpaired) electrons. The summed E-state index contributed by atoms with van der Waals surface area (Å²) in [6, 6.07) is 4.26. The zero-order valence-corrected chi connectivity index (χ0v) is 15.3. The van der Waals surface area contributed by atoms with Gasteiger partial charge in [0, 0.05) is 18.7 Å². The third kappa shape index (κ3) is 4.08. The molecule has 1 aliphatic carbocycles. The first-order valence-electron chi connectivity index (χ1n) is 9.53. The number of imide groups is 1. The van der Waals surface area contributed by atoms with Crippen LogP contribution in [0.15, 0.2) is 18.2 Å². The van der Waals surface area contributed by atoms with E-state index in [0.717, 1.165) is 42.8 Å². The van der Waals surface area contributed by atoms with E-state index in [1.807, 2.05) is 0 Å². The van der Waals surface area contributed by atoms with Gasteiger partial charge >= 0.3 is 0 Å². The standard InChI is InChI=1S/C20H25N3O4/c21-9-3-1-2-4-10-22-13-5-7-15-16(11-13)20(27)23(19(15)26)17-8-6-14(24)12-18(17)25/h5,7,11,17,22H,1-4,6,8-10,12,21H2. The van der Waals surface area contributed by atoms with Crippen LogP contribution in [0.25, 0.3) is 0 Å². The van der Waals surface area contributed by atoms with Crippen LogP contribution < -0.4 is 11.1 Å². The summed E-state index contributed by atoms with van der Waals surface area (Å²) in [4.78, 5) is 50.0. The number of fused-ring (bicyclic) bond motifs is 1. The van der Waals surface area contributed by atoms with E-state index in [1.165, 1.54) is 0 Å². The Kier molecular flexibility index (Phi) is 6.01. The molecular weight excluding hydrogens is 346 g/mol. The summed E-state index contributed by atoms with van der Waals surface area (Å²) in [5, 5.41) is 3.27. The number of nitrogens with two attached hydrogens (primary N) is 1. The van der Waals surface area contributed by atoms with E-state index in [-0.39, 0.29) is 30.8 Å². The van der Waals surface area contributed by atoms with E-state index in [0.29, 0.717) is 17.7 Å². The molecule has 2 aliphatic rings. The topological polar surface area (TPSA) is 110 Å².